The van der Waals surface area contributed by atoms with Crippen LogP contribution in [0.4, 0.5) is 5.69 Å². The van der Waals surface area contributed by atoms with Gasteiger partial charge in [-0.15, -0.1) is 0 Å². The number of carbonyl (C=O) groups excluding carboxylic acids is 1. The van der Waals surface area contributed by atoms with Crippen molar-refractivity contribution in [2.75, 3.05) is 11.6 Å². The number of hydrogen-bond donors (Lipinski definition) is 1. The maximum absolute atomic E-state index is 12.1. The van der Waals surface area contributed by atoms with Crippen molar-refractivity contribution in [2.45, 2.75) is 4.90 Å². The summed E-state index contributed by atoms with van der Waals surface area (Å²) in [5, 5.41) is 3.42. The van der Waals surface area contributed by atoms with Crippen LogP contribution in [-0.2, 0) is 9.84 Å². The average Bonchev–Trinajstić information content (AvgIpc) is 2.41. The van der Waals surface area contributed by atoms with Crippen LogP contribution >= 0.6 is 23.2 Å². The summed E-state index contributed by atoms with van der Waals surface area (Å²) < 4.78 is 22.7. The van der Waals surface area contributed by atoms with Crippen molar-refractivity contribution >= 4 is 44.6 Å². The molecule has 110 valence electrons. The highest BCUT2D eigenvalue weighted by molar-refractivity contribution is 7.90. The van der Waals surface area contributed by atoms with E-state index in [0.29, 0.717) is 21.3 Å². The molecule has 0 bridgehead atoms. The minimum atomic E-state index is -3.28. The van der Waals surface area contributed by atoms with Gasteiger partial charge in [-0.1, -0.05) is 23.2 Å². The molecule has 2 aromatic rings. The van der Waals surface area contributed by atoms with Crippen LogP contribution in [0, 0.1) is 0 Å². The smallest absolute Gasteiger partial charge is 0.255 e. The first kappa shape index (κ1) is 15.8. The van der Waals surface area contributed by atoms with Gasteiger partial charge in [0.25, 0.3) is 5.91 Å². The van der Waals surface area contributed by atoms with Crippen LogP contribution in [0.15, 0.2) is 47.4 Å². The van der Waals surface area contributed by atoms with E-state index >= 15 is 0 Å². The summed E-state index contributed by atoms with van der Waals surface area (Å²) >= 11 is 11.7. The molecule has 0 aromatic heterocycles. The second kappa shape index (κ2) is 6.05. The fourth-order valence-electron chi connectivity index (χ4n) is 1.64. The molecule has 2 rings (SSSR count). The first-order valence-electron chi connectivity index (χ1n) is 5.84. The van der Waals surface area contributed by atoms with Crippen molar-refractivity contribution in [3.8, 4) is 0 Å². The predicted octanol–water partition coefficient (Wildman–Crippen LogP) is 3.65. The molecule has 1 N–H and O–H groups in total. The van der Waals surface area contributed by atoms with E-state index in [1.54, 1.807) is 12.1 Å². The number of halogens is 2. The minimum Gasteiger partial charge on any atom is -0.321 e. The third-order valence-electron chi connectivity index (χ3n) is 2.72. The van der Waals surface area contributed by atoms with Crippen molar-refractivity contribution in [3.05, 3.63) is 58.1 Å². The van der Waals surface area contributed by atoms with E-state index in [-0.39, 0.29) is 10.8 Å². The Hall–Kier alpha value is -1.56. The molecule has 2 aromatic carbocycles. The molecule has 1 amide bonds. The Morgan fingerprint density at radius 2 is 1.67 bits per heavy atom. The molecular weight excluding hydrogens is 333 g/mol. The third kappa shape index (κ3) is 3.97. The molecule has 0 fully saturated rings. The average molecular weight is 344 g/mol. The minimum absolute atomic E-state index is 0.156. The standard InChI is InChI=1S/C14H11Cl2NO3S/c1-21(19,20)11-5-2-9(3-6-11)14(18)17-13-7-4-10(15)8-12(13)16/h2-8H,1H3,(H,17,18). The number of benzene rings is 2. The summed E-state index contributed by atoms with van der Waals surface area (Å²) in [5.41, 5.74) is 0.756. The number of rotatable bonds is 3. The molecule has 0 aliphatic carbocycles. The van der Waals surface area contributed by atoms with Crippen molar-refractivity contribution < 1.29 is 13.2 Å². The van der Waals surface area contributed by atoms with Crippen molar-refractivity contribution in [1.29, 1.82) is 0 Å². The Bertz CT molecular complexity index is 786. The van der Waals surface area contributed by atoms with E-state index in [4.69, 9.17) is 23.2 Å². The maximum Gasteiger partial charge on any atom is 0.255 e. The molecular formula is C14H11Cl2NO3S. The number of nitrogens with one attached hydrogen (secondary N) is 1. The Kier molecular flexibility index (Phi) is 4.56. The van der Waals surface area contributed by atoms with E-state index in [0.717, 1.165) is 6.26 Å². The summed E-state index contributed by atoms with van der Waals surface area (Å²) in [6, 6.07) is 10.4. The van der Waals surface area contributed by atoms with Crippen LogP contribution in [0.2, 0.25) is 10.0 Å². The van der Waals surface area contributed by atoms with Gasteiger partial charge in [0, 0.05) is 16.8 Å². The van der Waals surface area contributed by atoms with Crippen molar-refractivity contribution in [3.63, 3.8) is 0 Å². The zero-order chi connectivity index (χ0) is 15.6. The summed E-state index contributed by atoms with van der Waals surface area (Å²) in [6.07, 6.45) is 1.11. The van der Waals surface area contributed by atoms with Gasteiger partial charge < -0.3 is 5.32 Å². The van der Waals surface area contributed by atoms with Gasteiger partial charge >= 0.3 is 0 Å². The zero-order valence-corrected chi connectivity index (χ0v) is 13.3. The van der Waals surface area contributed by atoms with Gasteiger partial charge in [-0.25, -0.2) is 8.42 Å². The molecule has 4 nitrogen and oxygen atoms in total. The molecule has 0 radical (unpaired) electrons. The number of amides is 1. The Morgan fingerprint density at radius 3 is 2.19 bits per heavy atom. The highest BCUT2D eigenvalue weighted by atomic mass is 35.5. The van der Waals surface area contributed by atoms with Gasteiger partial charge in [0.05, 0.1) is 15.6 Å². The van der Waals surface area contributed by atoms with Gasteiger partial charge in [0.2, 0.25) is 0 Å². The van der Waals surface area contributed by atoms with Gasteiger partial charge in [0.1, 0.15) is 0 Å². The van der Waals surface area contributed by atoms with Crippen LogP contribution in [0.3, 0.4) is 0 Å². The lowest BCUT2D eigenvalue weighted by molar-refractivity contribution is 0.102. The summed E-state index contributed by atoms with van der Waals surface area (Å²) in [7, 11) is -3.28. The SMILES string of the molecule is CS(=O)(=O)c1ccc(C(=O)Nc2ccc(Cl)cc2Cl)cc1. The number of hydrogen-bond acceptors (Lipinski definition) is 3. The first-order chi connectivity index (χ1) is 9.77. The van der Waals surface area contributed by atoms with Crippen LogP contribution in [-0.4, -0.2) is 20.6 Å². The largest absolute Gasteiger partial charge is 0.321 e. The highest BCUT2D eigenvalue weighted by Crippen LogP contribution is 2.25. The first-order valence-corrected chi connectivity index (χ1v) is 8.48. The van der Waals surface area contributed by atoms with Gasteiger partial charge in [-0.05, 0) is 42.5 Å². The second-order valence-corrected chi connectivity index (χ2v) is 7.23. The summed E-state index contributed by atoms with van der Waals surface area (Å²) in [4.78, 5) is 12.2. The molecule has 0 atom stereocenters. The predicted molar refractivity (Wildman–Crippen MR) is 84.0 cm³/mol. The zero-order valence-electron chi connectivity index (χ0n) is 10.9. The van der Waals surface area contributed by atoms with E-state index in [9.17, 15) is 13.2 Å². The molecule has 21 heavy (non-hydrogen) atoms. The summed E-state index contributed by atoms with van der Waals surface area (Å²) in [5.74, 6) is -0.390. The monoisotopic (exact) mass is 343 g/mol. The molecule has 0 aliphatic heterocycles. The van der Waals surface area contributed by atoms with E-state index < -0.39 is 9.84 Å². The molecule has 0 saturated heterocycles. The highest BCUT2D eigenvalue weighted by Gasteiger charge is 2.11. The molecule has 0 saturated carbocycles. The summed E-state index contributed by atoms with van der Waals surface area (Å²) in [6.45, 7) is 0. The van der Waals surface area contributed by atoms with Crippen molar-refractivity contribution in [1.82, 2.24) is 0 Å². The number of anilines is 1. The van der Waals surface area contributed by atoms with Crippen LogP contribution < -0.4 is 5.32 Å². The van der Waals surface area contributed by atoms with E-state index in [1.807, 2.05) is 0 Å². The lowest BCUT2D eigenvalue weighted by Gasteiger charge is -2.08. The molecule has 0 aliphatic rings. The molecule has 0 heterocycles. The van der Waals surface area contributed by atoms with Crippen LogP contribution in [0.5, 0.6) is 0 Å². The Balaban J connectivity index is 2.21. The maximum atomic E-state index is 12.1. The molecule has 0 unspecified atom stereocenters. The molecule has 0 spiro atoms. The lowest BCUT2D eigenvalue weighted by Crippen LogP contribution is -2.12. The van der Waals surface area contributed by atoms with E-state index in [2.05, 4.69) is 5.32 Å². The quantitative estimate of drug-likeness (QED) is 0.924. The second-order valence-electron chi connectivity index (χ2n) is 4.37. The third-order valence-corrected chi connectivity index (χ3v) is 4.40. The number of sulfone groups is 1. The van der Waals surface area contributed by atoms with Gasteiger partial charge in [0.15, 0.2) is 9.84 Å². The normalized spacial score (nSPS) is 11.2. The van der Waals surface area contributed by atoms with Crippen LogP contribution in [0.1, 0.15) is 10.4 Å². The van der Waals surface area contributed by atoms with Gasteiger partial charge in [-0.3, -0.25) is 4.79 Å². The Morgan fingerprint density at radius 1 is 1.05 bits per heavy atom. The number of carbonyl (C=O) groups is 1. The topological polar surface area (TPSA) is 63.2 Å². The van der Waals surface area contributed by atoms with Crippen LogP contribution in [0.25, 0.3) is 0 Å². The fraction of sp³-hybridized carbons (Fsp3) is 0.0714. The fourth-order valence-corrected chi connectivity index (χ4v) is 2.73. The van der Waals surface area contributed by atoms with E-state index in [1.165, 1.54) is 30.3 Å². The Labute approximate surface area is 132 Å². The lowest BCUT2D eigenvalue weighted by atomic mass is 10.2. The molecule has 7 heteroatoms. The van der Waals surface area contributed by atoms with Crippen molar-refractivity contribution in [2.24, 2.45) is 0 Å². The van der Waals surface area contributed by atoms with Gasteiger partial charge in [-0.2, -0.15) is 0 Å².